The van der Waals surface area contributed by atoms with Gasteiger partial charge in [0, 0.05) is 13.1 Å². The van der Waals surface area contributed by atoms with Gasteiger partial charge in [-0.1, -0.05) is 13.3 Å². The van der Waals surface area contributed by atoms with Gasteiger partial charge in [0.2, 0.25) is 0 Å². The summed E-state index contributed by atoms with van der Waals surface area (Å²) in [6, 6.07) is 0.327. The lowest BCUT2D eigenvalue weighted by Gasteiger charge is -2.31. The normalized spacial score (nSPS) is 17.7. The van der Waals surface area contributed by atoms with Gasteiger partial charge in [-0.25, -0.2) is 9.50 Å². The van der Waals surface area contributed by atoms with E-state index in [0.29, 0.717) is 23.4 Å². The molecule has 4 N–H and O–H groups in total. The Balaban J connectivity index is 1.72. The van der Waals surface area contributed by atoms with Gasteiger partial charge in [-0.2, -0.15) is 4.98 Å². The van der Waals surface area contributed by atoms with Gasteiger partial charge >= 0.3 is 6.01 Å². The number of anilines is 1. The highest BCUT2D eigenvalue weighted by molar-refractivity contribution is 5.59. The van der Waals surface area contributed by atoms with Crippen molar-refractivity contribution in [1.82, 2.24) is 24.5 Å². The fraction of sp³-hybridized carbons (Fsp3) is 0.722. The zero-order valence-corrected chi connectivity index (χ0v) is 15.9. The number of likely N-dealkylation sites (tertiary alicyclic amines) is 1. The average molecular weight is 361 g/mol. The first-order valence-corrected chi connectivity index (χ1v) is 9.69. The SMILES string of the molecule is CCC[C@H](C)Oc1nc(N)c2ncc(CC3CCN(CCN)CC3)n2n1. The minimum Gasteiger partial charge on any atom is -0.459 e. The van der Waals surface area contributed by atoms with Gasteiger partial charge in [0.05, 0.1) is 18.0 Å². The highest BCUT2D eigenvalue weighted by atomic mass is 16.5. The minimum atomic E-state index is 0.0655. The van der Waals surface area contributed by atoms with Crippen molar-refractivity contribution >= 4 is 11.5 Å². The summed E-state index contributed by atoms with van der Waals surface area (Å²) in [5, 5.41) is 4.54. The van der Waals surface area contributed by atoms with Crippen LogP contribution >= 0.6 is 0 Å². The number of hydrogen-bond acceptors (Lipinski definition) is 7. The van der Waals surface area contributed by atoms with Gasteiger partial charge in [-0.3, -0.25) is 0 Å². The van der Waals surface area contributed by atoms with E-state index >= 15 is 0 Å². The second-order valence-electron chi connectivity index (χ2n) is 7.26. The van der Waals surface area contributed by atoms with Crippen molar-refractivity contribution in [2.24, 2.45) is 11.7 Å². The van der Waals surface area contributed by atoms with Crippen LogP contribution in [0.5, 0.6) is 6.01 Å². The number of nitrogen functional groups attached to an aromatic ring is 1. The van der Waals surface area contributed by atoms with Crippen LogP contribution in [-0.4, -0.2) is 56.8 Å². The van der Waals surface area contributed by atoms with Crippen LogP contribution in [0, 0.1) is 5.92 Å². The quantitative estimate of drug-likeness (QED) is 0.733. The molecule has 2 aromatic rings. The summed E-state index contributed by atoms with van der Waals surface area (Å²) in [7, 11) is 0. The summed E-state index contributed by atoms with van der Waals surface area (Å²) in [6.45, 7) is 8.09. The number of nitrogens with two attached hydrogens (primary N) is 2. The molecule has 1 atom stereocenters. The Morgan fingerprint density at radius 1 is 1.35 bits per heavy atom. The second kappa shape index (κ2) is 8.64. The van der Waals surface area contributed by atoms with Crippen LogP contribution in [-0.2, 0) is 6.42 Å². The van der Waals surface area contributed by atoms with Crippen molar-refractivity contribution in [3.63, 3.8) is 0 Å². The van der Waals surface area contributed by atoms with E-state index < -0.39 is 0 Å². The number of rotatable bonds is 8. The largest absolute Gasteiger partial charge is 0.459 e. The summed E-state index contributed by atoms with van der Waals surface area (Å²) < 4.78 is 7.64. The summed E-state index contributed by atoms with van der Waals surface area (Å²) in [5.74, 6) is 0.992. The molecule has 1 aliphatic heterocycles. The first kappa shape index (κ1) is 18.8. The molecule has 0 unspecified atom stereocenters. The van der Waals surface area contributed by atoms with Crippen molar-refractivity contribution < 1.29 is 4.74 Å². The molecule has 0 aliphatic carbocycles. The number of fused-ring (bicyclic) bond motifs is 1. The van der Waals surface area contributed by atoms with E-state index in [2.05, 4.69) is 26.9 Å². The topological polar surface area (TPSA) is 108 Å². The smallest absolute Gasteiger partial charge is 0.336 e. The number of ether oxygens (including phenoxy) is 1. The molecule has 0 aromatic carbocycles. The highest BCUT2D eigenvalue weighted by Crippen LogP contribution is 2.23. The monoisotopic (exact) mass is 361 g/mol. The van der Waals surface area contributed by atoms with Crippen molar-refractivity contribution in [3.05, 3.63) is 11.9 Å². The minimum absolute atomic E-state index is 0.0655. The van der Waals surface area contributed by atoms with Gasteiger partial charge in [0.25, 0.3) is 0 Å². The lowest BCUT2D eigenvalue weighted by Crippen LogP contribution is -2.37. The molecule has 0 saturated carbocycles. The Labute approximate surface area is 154 Å². The van der Waals surface area contributed by atoms with E-state index in [-0.39, 0.29) is 6.10 Å². The predicted octanol–water partition coefficient (Wildman–Crippen LogP) is 1.49. The number of imidazole rings is 1. The maximum Gasteiger partial charge on any atom is 0.336 e. The van der Waals surface area contributed by atoms with Crippen LogP contribution in [0.25, 0.3) is 5.65 Å². The Morgan fingerprint density at radius 3 is 2.81 bits per heavy atom. The molecule has 0 spiro atoms. The van der Waals surface area contributed by atoms with Gasteiger partial charge < -0.3 is 21.1 Å². The molecule has 0 amide bonds. The van der Waals surface area contributed by atoms with Crippen molar-refractivity contribution in [2.45, 2.75) is 52.1 Å². The Bertz CT molecular complexity index is 709. The van der Waals surface area contributed by atoms with Crippen LogP contribution in [0.15, 0.2) is 6.20 Å². The van der Waals surface area contributed by atoms with E-state index in [0.717, 1.165) is 51.1 Å². The predicted molar refractivity (Wildman–Crippen MR) is 102 cm³/mol. The molecule has 144 valence electrons. The lowest BCUT2D eigenvalue weighted by molar-refractivity contribution is 0.185. The highest BCUT2D eigenvalue weighted by Gasteiger charge is 2.21. The van der Waals surface area contributed by atoms with Gasteiger partial charge in [0.1, 0.15) is 0 Å². The molecule has 1 saturated heterocycles. The number of hydrogen-bond donors (Lipinski definition) is 2. The summed E-state index contributed by atoms with van der Waals surface area (Å²) in [4.78, 5) is 11.1. The Kier molecular flexibility index (Phi) is 6.26. The zero-order chi connectivity index (χ0) is 18.5. The summed E-state index contributed by atoms with van der Waals surface area (Å²) in [5.41, 5.74) is 13.4. The van der Waals surface area contributed by atoms with Gasteiger partial charge in [-0.15, -0.1) is 5.10 Å². The Hall–Kier alpha value is -1.93. The third-order valence-electron chi connectivity index (χ3n) is 5.09. The molecule has 3 rings (SSSR count). The molecular formula is C18H31N7O. The second-order valence-corrected chi connectivity index (χ2v) is 7.26. The van der Waals surface area contributed by atoms with Gasteiger partial charge in [-0.05, 0) is 51.6 Å². The fourth-order valence-electron chi connectivity index (χ4n) is 3.66. The van der Waals surface area contributed by atoms with E-state index in [1.54, 1.807) is 0 Å². The van der Waals surface area contributed by atoms with Crippen LogP contribution in [0.3, 0.4) is 0 Å². The molecule has 3 heterocycles. The molecule has 0 radical (unpaired) electrons. The summed E-state index contributed by atoms with van der Waals surface area (Å²) in [6.07, 6.45) is 7.23. The maximum atomic E-state index is 6.07. The molecule has 26 heavy (non-hydrogen) atoms. The molecule has 1 aliphatic rings. The number of aromatic nitrogens is 4. The zero-order valence-electron chi connectivity index (χ0n) is 15.9. The van der Waals surface area contributed by atoms with Gasteiger partial charge in [0.15, 0.2) is 11.5 Å². The van der Waals surface area contributed by atoms with Crippen LogP contribution in [0.4, 0.5) is 5.82 Å². The van der Waals surface area contributed by atoms with Crippen LogP contribution < -0.4 is 16.2 Å². The fourth-order valence-corrected chi connectivity index (χ4v) is 3.66. The van der Waals surface area contributed by atoms with Crippen molar-refractivity contribution in [1.29, 1.82) is 0 Å². The number of nitrogens with zero attached hydrogens (tertiary/aromatic N) is 5. The molecule has 1 fully saturated rings. The summed E-state index contributed by atoms with van der Waals surface area (Å²) >= 11 is 0. The molecule has 8 heteroatoms. The average Bonchev–Trinajstić information content (AvgIpc) is 3.00. The maximum absolute atomic E-state index is 6.07. The first-order valence-electron chi connectivity index (χ1n) is 9.69. The van der Waals surface area contributed by atoms with E-state index in [4.69, 9.17) is 16.2 Å². The molecule has 8 nitrogen and oxygen atoms in total. The third kappa shape index (κ3) is 4.42. The molecule has 0 bridgehead atoms. The van der Waals surface area contributed by atoms with E-state index in [9.17, 15) is 0 Å². The van der Waals surface area contributed by atoms with Crippen LogP contribution in [0.1, 0.15) is 45.2 Å². The number of piperidine rings is 1. The van der Waals surface area contributed by atoms with E-state index in [1.165, 1.54) is 12.8 Å². The third-order valence-corrected chi connectivity index (χ3v) is 5.09. The Morgan fingerprint density at radius 2 is 2.12 bits per heavy atom. The van der Waals surface area contributed by atoms with E-state index in [1.807, 2.05) is 17.6 Å². The standard InChI is InChI=1S/C18H31N7O/c1-3-4-13(2)26-18-22-16(20)17-21-12-15(25(17)23-18)11-14-5-8-24(9-6-14)10-7-19/h12-14H,3-11,19H2,1-2H3,(H2,20,22,23)/t13-/m0/s1. The van der Waals surface area contributed by atoms with Crippen molar-refractivity contribution in [2.75, 3.05) is 31.9 Å². The molecular weight excluding hydrogens is 330 g/mol. The molecule has 2 aromatic heterocycles. The first-order chi connectivity index (χ1) is 12.6. The van der Waals surface area contributed by atoms with Crippen molar-refractivity contribution in [3.8, 4) is 6.01 Å². The van der Waals surface area contributed by atoms with Crippen LogP contribution in [0.2, 0.25) is 0 Å². The lowest BCUT2D eigenvalue weighted by atomic mass is 9.92.